The van der Waals surface area contributed by atoms with Gasteiger partial charge in [0.15, 0.2) is 0 Å². The maximum atomic E-state index is 11.8. The number of hydrogen-bond donors (Lipinski definition) is 2. The van der Waals surface area contributed by atoms with E-state index in [9.17, 15) is 13.2 Å². The van der Waals surface area contributed by atoms with E-state index in [-0.39, 0.29) is 11.3 Å². The van der Waals surface area contributed by atoms with E-state index in [0.29, 0.717) is 0 Å². The van der Waals surface area contributed by atoms with Crippen molar-refractivity contribution in [2.75, 3.05) is 0 Å². The minimum atomic E-state index is -3.77. The molecule has 1 rings (SSSR count). The zero-order valence-electron chi connectivity index (χ0n) is 9.05. The number of halogens is 1. The summed E-state index contributed by atoms with van der Waals surface area (Å²) in [5.41, 5.74) is 0. The van der Waals surface area contributed by atoms with Gasteiger partial charge in [-0.2, -0.15) is 4.72 Å². The summed E-state index contributed by atoms with van der Waals surface area (Å²) in [7, 11) is -3.77. The van der Waals surface area contributed by atoms with E-state index >= 15 is 0 Å². The van der Waals surface area contributed by atoms with Crippen molar-refractivity contribution in [3.05, 3.63) is 27.8 Å². The molecule has 0 spiro atoms. The molecular weight excluding hydrogens is 357 g/mol. The average Bonchev–Trinajstić information content (AvgIpc) is 2.26. The maximum absolute atomic E-state index is 11.8. The van der Waals surface area contributed by atoms with Gasteiger partial charge in [0.05, 0.1) is 4.90 Å². The Morgan fingerprint density at radius 1 is 1.41 bits per heavy atom. The molecule has 7 heteroatoms. The molecule has 0 radical (unpaired) electrons. The Labute approximate surface area is 113 Å². The summed E-state index contributed by atoms with van der Waals surface area (Å²) < 4.78 is 26.7. The summed E-state index contributed by atoms with van der Waals surface area (Å²) in [6.07, 6.45) is 0.193. The molecule has 1 aromatic carbocycles. The Bertz CT molecular complexity index is 498. The highest BCUT2D eigenvalue weighted by Crippen LogP contribution is 2.12. The summed E-state index contributed by atoms with van der Waals surface area (Å²) in [4.78, 5) is 10.8. The van der Waals surface area contributed by atoms with Crippen LogP contribution < -0.4 is 4.72 Å². The fraction of sp³-hybridized carbons (Fsp3) is 0.300. The number of hydrogen-bond acceptors (Lipinski definition) is 3. The van der Waals surface area contributed by atoms with Crippen LogP contribution in [0.15, 0.2) is 29.2 Å². The molecule has 0 fully saturated rings. The molecule has 1 aromatic rings. The average molecular weight is 369 g/mol. The third kappa shape index (κ3) is 3.93. The molecule has 0 aliphatic carbocycles. The van der Waals surface area contributed by atoms with E-state index in [1.165, 1.54) is 12.1 Å². The molecular formula is C10H12INO4S. The van der Waals surface area contributed by atoms with E-state index in [4.69, 9.17) is 5.11 Å². The van der Waals surface area contributed by atoms with Gasteiger partial charge in [-0.1, -0.05) is 6.92 Å². The van der Waals surface area contributed by atoms with Crippen molar-refractivity contribution in [2.45, 2.75) is 24.3 Å². The number of benzene rings is 1. The number of sulfonamides is 1. The highest BCUT2D eigenvalue weighted by atomic mass is 127. The van der Waals surface area contributed by atoms with Crippen LogP contribution in [0.4, 0.5) is 0 Å². The van der Waals surface area contributed by atoms with E-state index in [2.05, 4.69) is 27.3 Å². The van der Waals surface area contributed by atoms with Crippen molar-refractivity contribution < 1.29 is 18.3 Å². The molecule has 0 heterocycles. The summed E-state index contributed by atoms with van der Waals surface area (Å²) >= 11 is 2.06. The molecule has 0 unspecified atom stereocenters. The first-order valence-electron chi connectivity index (χ1n) is 4.87. The lowest BCUT2D eigenvalue weighted by Crippen LogP contribution is -2.40. The van der Waals surface area contributed by atoms with Crippen LogP contribution in [-0.4, -0.2) is 25.5 Å². The van der Waals surface area contributed by atoms with Crippen molar-refractivity contribution in [3.8, 4) is 0 Å². The van der Waals surface area contributed by atoms with Crippen LogP contribution >= 0.6 is 22.6 Å². The zero-order valence-corrected chi connectivity index (χ0v) is 12.0. The van der Waals surface area contributed by atoms with Crippen LogP contribution in [0, 0.1) is 3.57 Å². The van der Waals surface area contributed by atoms with Crippen LogP contribution in [0.1, 0.15) is 13.3 Å². The molecule has 94 valence electrons. The summed E-state index contributed by atoms with van der Waals surface area (Å²) in [5, 5.41) is 8.80. The Morgan fingerprint density at radius 3 is 2.35 bits per heavy atom. The van der Waals surface area contributed by atoms with Gasteiger partial charge in [0.2, 0.25) is 10.0 Å². The number of nitrogens with one attached hydrogen (secondary N) is 1. The number of carboxylic acid groups (broad SMARTS) is 1. The normalized spacial score (nSPS) is 13.3. The molecule has 17 heavy (non-hydrogen) atoms. The summed E-state index contributed by atoms with van der Waals surface area (Å²) in [5.74, 6) is -1.18. The second-order valence-electron chi connectivity index (χ2n) is 3.37. The van der Waals surface area contributed by atoms with E-state index in [1.54, 1.807) is 19.1 Å². The van der Waals surface area contributed by atoms with Crippen LogP contribution in [0.3, 0.4) is 0 Å². The van der Waals surface area contributed by atoms with Gasteiger partial charge >= 0.3 is 5.97 Å². The van der Waals surface area contributed by atoms with Gasteiger partial charge in [0.25, 0.3) is 0 Å². The molecule has 0 aromatic heterocycles. The predicted molar refractivity (Wildman–Crippen MR) is 71.2 cm³/mol. The van der Waals surface area contributed by atoms with Crippen LogP contribution in [0.25, 0.3) is 0 Å². The van der Waals surface area contributed by atoms with Crippen LogP contribution in [0.2, 0.25) is 0 Å². The lowest BCUT2D eigenvalue weighted by atomic mass is 10.2. The Morgan fingerprint density at radius 2 is 1.94 bits per heavy atom. The first-order valence-corrected chi connectivity index (χ1v) is 7.43. The van der Waals surface area contributed by atoms with Gasteiger partial charge in [-0.25, -0.2) is 8.42 Å². The standard InChI is InChI=1S/C10H12INO4S/c1-2-9(10(13)14)12-17(15,16)8-5-3-7(11)4-6-8/h3-6,9,12H,2H2,1H3,(H,13,14)/t9-/m0/s1. The first kappa shape index (κ1) is 14.4. The van der Waals surface area contributed by atoms with Gasteiger partial charge in [0, 0.05) is 3.57 Å². The van der Waals surface area contributed by atoms with Gasteiger partial charge in [-0.15, -0.1) is 0 Å². The smallest absolute Gasteiger partial charge is 0.321 e. The van der Waals surface area contributed by atoms with Crippen molar-refractivity contribution in [2.24, 2.45) is 0 Å². The number of rotatable bonds is 5. The van der Waals surface area contributed by atoms with Gasteiger partial charge in [0.1, 0.15) is 6.04 Å². The minimum Gasteiger partial charge on any atom is -0.480 e. The van der Waals surface area contributed by atoms with Crippen molar-refractivity contribution >= 4 is 38.6 Å². The van der Waals surface area contributed by atoms with E-state index in [1.807, 2.05) is 0 Å². The molecule has 0 saturated heterocycles. The molecule has 0 bridgehead atoms. The summed E-state index contributed by atoms with van der Waals surface area (Å²) in [6, 6.07) is 5.09. The predicted octanol–water partition coefficient (Wildman–Crippen LogP) is 1.43. The lowest BCUT2D eigenvalue weighted by molar-refractivity contribution is -0.139. The number of aliphatic carboxylic acids is 1. The van der Waals surface area contributed by atoms with Crippen LogP contribution in [-0.2, 0) is 14.8 Å². The molecule has 2 N–H and O–H groups in total. The second kappa shape index (κ2) is 5.78. The summed E-state index contributed by atoms with van der Waals surface area (Å²) in [6.45, 7) is 1.61. The molecule has 0 amide bonds. The third-order valence-electron chi connectivity index (χ3n) is 2.13. The van der Waals surface area contributed by atoms with E-state index in [0.717, 1.165) is 3.57 Å². The fourth-order valence-electron chi connectivity index (χ4n) is 1.18. The SMILES string of the molecule is CC[C@H](NS(=O)(=O)c1ccc(I)cc1)C(=O)O. The quantitative estimate of drug-likeness (QED) is 0.770. The molecule has 1 atom stereocenters. The Kier molecular flexibility index (Phi) is 4.90. The largest absolute Gasteiger partial charge is 0.480 e. The molecule has 0 saturated carbocycles. The highest BCUT2D eigenvalue weighted by Gasteiger charge is 2.23. The monoisotopic (exact) mass is 369 g/mol. The highest BCUT2D eigenvalue weighted by molar-refractivity contribution is 14.1. The number of carboxylic acids is 1. The zero-order chi connectivity index (χ0) is 13.1. The van der Waals surface area contributed by atoms with Crippen molar-refractivity contribution in [1.29, 1.82) is 0 Å². The second-order valence-corrected chi connectivity index (χ2v) is 6.33. The lowest BCUT2D eigenvalue weighted by Gasteiger charge is -2.12. The molecule has 0 aliphatic heterocycles. The maximum Gasteiger partial charge on any atom is 0.321 e. The topological polar surface area (TPSA) is 83.5 Å². The Hall–Kier alpha value is -0.670. The minimum absolute atomic E-state index is 0.0672. The van der Waals surface area contributed by atoms with Gasteiger partial charge in [-0.05, 0) is 53.3 Å². The van der Waals surface area contributed by atoms with Crippen LogP contribution in [0.5, 0.6) is 0 Å². The Balaban J connectivity index is 2.96. The van der Waals surface area contributed by atoms with Crippen molar-refractivity contribution in [3.63, 3.8) is 0 Å². The number of carbonyl (C=O) groups is 1. The molecule has 0 aliphatic rings. The van der Waals surface area contributed by atoms with Gasteiger partial charge < -0.3 is 5.11 Å². The van der Waals surface area contributed by atoms with Gasteiger partial charge in [-0.3, -0.25) is 4.79 Å². The molecule has 5 nitrogen and oxygen atoms in total. The first-order chi connectivity index (χ1) is 7.86. The van der Waals surface area contributed by atoms with E-state index < -0.39 is 22.0 Å². The fourth-order valence-corrected chi connectivity index (χ4v) is 2.81. The third-order valence-corrected chi connectivity index (χ3v) is 4.33. The van der Waals surface area contributed by atoms with Crippen molar-refractivity contribution in [1.82, 2.24) is 4.72 Å².